The molecule has 5 N–H and O–H groups in total. The Hall–Kier alpha value is -1.11. The standard InChI is InChI=1S/C10H13F3N2O/c11-10(12,13)9(15)7(14)8(16)6-4-2-1-3-5-6/h1-5,7-9,16H,14-15H2. The first-order chi connectivity index (χ1) is 7.34. The summed E-state index contributed by atoms with van der Waals surface area (Å²) >= 11 is 0. The van der Waals surface area contributed by atoms with E-state index in [1.54, 1.807) is 18.2 Å². The number of nitrogens with two attached hydrogens (primary N) is 2. The fraction of sp³-hybridized carbons (Fsp3) is 0.400. The lowest BCUT2D eigenvalue weighted by Crippen LogP contribution is -2.53. The molecule has 1 aromatic rings. The molecule has 0 amide bonds. The van der Waals surface area contributed by atoms with Crippen molar-refractivity contribution >= 4 is 0 Å². The minimum atomic E-state index is -4.62. The highest BCUT2D eigenvalue weighted by Gasteiger charge is 2.43. The van der Waals surface area contributed by atoms with E-state index in [1.165, 1.54) is 12.1 Å². The SMILES string of the molecule is NC(C(O)c1ccccc1)C(N)C(F)(F)F. The number of hydrogen-bond acceptors (Lipinski definition) is 3. The molecule has 3 nitrogen and oxygen atoms in total. The maximum Gasteiger partial charge on any atom is 0.405 e. The van der Waals surface area contributed by atoms with Gasteiger partial charge in [0.05, 0.1) is 12.1 Å². The number of benzene rings is 1. The highest BCUT2D eigenvalue weighted by Crippen LogP contribution is 2.26. The number of aliphatic hydroxyl groups excluding tert-OH is 1. The van der Waals surface area contributed by atoms with Crippen molar-refractivity contribution in [2.24, 2.45) is 11.5 Å². The number of rotatable bonds is 3. The molecular weight excluding hydrogens is 221 g/mol. The van der Waals surface area contributed by atoms with Crippen LogP contribution in [0.3, 0.4) is 0 Å². The lowest BCUT2D eigenvalue weighted by Gasteiger charge is -2.26. The van der Waals surface area contributed by atoms with Gasteiger partial charge in [0.25, 0.3) is 0 Å². The summed E-state index contributed by atoms with van der Waals surface area (Å²) in [4.78, 5) is 0. The van der Waals surface area contributed by atoms with Crippen LogP contribution in [0.5, 0.6) is 0 Å². The van der Waals surface area contributed by atoms with Crippen molar-refractivity contribution in [3.63, 3.8) is 0 Å². The van der Waals surface area contributed by atoms with E-state index >= 15 is 0 Å². The van der Waals surface area contributed by atoms with E-state index in [-0.39, 0.29) is 0 Å². The molecule has 0 bridgehead atoms. The Bertz CT molecular complexity index is 329. The molecule has 1 aromatic carbocycles. The third-order valence-electron chi connectivity index (χ3n) is 2.30. The molecule has 0 radical (unpaired) electrons. The molecular formula is C10H13F3N2O. The van der Waals surface area contributed by atoms with Gasteiger partial charge in [-0.25, -0.2) is 0 Å². The van der Waals surface area contributed by atoms with Crippen molar-refractivity contribution in [2.45, 2.75) is 24.4 Å². The third kappa shape index (κ3) is 2.94. The Kier molecular flexibility index (Phi) is 3.90. The van der Waals surface area contributed by atoms with Crippen molar-refractivity contribution in [1.82, 2.24) is 0 Å². The maximum atomic E-state index is 12.3. The van der Waals surface area contributed by atoms with E-state index in [9.17, 15) is 18.3 Å². The van der Waals surface area contributed by atoms with Crippen LogP contribution in [0.1, 0.15) is 11.7 Å². The van der Waals surface area contributed by atoms with E-state index in [1.807, 2.05) is 0 Å². The summed E-state index contributed by atoms with van der Waals surface area (Å²) in [5, 5.41) is 9.62. The van der Waals surface area contributed by atoms with Gasteiger partial charge in [-0.15, -0.1) is 0 Å². The van der Waals surface area contributed by atoms with Crippen LogP contribution in [-0.2, 0) is 0 Å². The predicted molar refractivity (Wildman–Crippen MR) is 53.4 cm³/mol. The van der Waals surface area contributed by atoms with Gasteiger partial charge in [0, 0.05) is 0 Å². The summed E-state index contributed by atoms with van der Waals surface area (Å²) in [5.74, 6) is 0. The second kappa shape index (κ2) is 4.82. The van der Waals surface area contributed by atoms with E-state index in [0.29, 0.717) is 5.56 Å². The molecule has 90 valence electrons. The topological polar surface area (TPSA) is 72.3 Å². The van der Waals surface area contributed by atoms with Gasteiger partial charge >= 0.3 is 6.18 Å². The Labute approximate surface area is 90.9 Å². The molecule has 0 fully saturated rings. The zero-order valence-electron chi connectivity index (χ0n) is 8.35. The second-order valence-electron chi connectivity index (χ2n) is 3.50. The average molecular weight is 234 g/mol. The van der Waals surface area contributed by atoms with Gasteiger partial charge in [-0.2, -0.15) is 13.2 Å². The first kappa shape index (κ1) is 13.0. The maximum absolute atomic E-state index is 12.3. The number of halogens is 3. The molecule has 6 heteroatoms. The molecule has 0 saturated heterocycles. The molecule has 0 aliphatic rings. The minimum absolute atomic E-state index is 0.315. The van der Waals surface area contributed by atoms with E-state index < -0.39 is 24.4 Å². The van der Waals surface area contributed by atoms with Crippen molar-refractivity contribution in [1.29, 1.82) is 0 Å². The first-order valence-corrected chi connectivity index (χ1v) is 4.65. The Morgan fingerprint density at radius 1 is 1.06 bits per heavy atom. The molecule has 0 saturated carbocycles. The first-order valence-electron chi connectivity index (χ1n) is 4.65. The molecule has 0 aliphatic carbocycles. The Morgan fingerprint density at radius 2 is 1.56 bits per heavy atom. The van der Waals surface area contributed by atoms with Crippen molar-refractivity contribution in [3.8, 4) is 0 Å². The van der Waals surface area contributed by atoms with Gasteiger partial charge in [0.1, 0.15) is 6.04 Å². The second-order valence-corrected chi connectivity index (χ2v) is 3.50. The van der Waals surface area contributed by atoms with Crippen molar-refractivity contribution in [2.75, 3.05) is 0 Å². The zero-order chi connectivity index (χ0) is 12.3. The van der Waals surface area contributed by atoms with Crippen LogP contribution in [0.4, 0.5) is 13.2 Å². The number of hydrogen-bond donors (Lipinski definition) is 3. The fourth-order valence-electron chi connectivity index (χ4n) is 1.29. The third-order valence-corrected chi connectivity index (χ3v) is 2.30. The largest absolute Gasteiger partial charge is 0.405 e. The van der Waals surface area contributed by atoms with E-state index in [0.717, 1.165) is 0 Å². The Balaban J connectivity index is 2.79. The highest BCUT2D eigenvalue weighted by molar-refractivity contribution is 5.19. The smallest absolute Gasteiger partial charge is 0.387 e. The molecule has 16 heavy (non-hydrogen) atoms. The van der Waals surface area contributed by atoms with Crippen LogP contribution < -0.4 is 11.5 Å². The minimum Gasteiger partial charge on any atom is -0.387 e. The molecule has 0 aliphatic heterocycles. The fourth-order valence-corrected chi connectivity index (χ4v) is 1.29. The van der Waals surface area contributed by atoms with Crippen LogP contribution in [0.2, 0.25) is 0 Å². The van der Waals surface area contributed by atoms with Crippen molar-refractivity contribution < 1.29 is 18.3 Å². The molecule has 3 unspecified atom stereocenters. The van der Waals surface area contributed by atoms with Gasteiger partial charge in [-0.05, 0) is 5.56 Å². The van der Waals surface area contributed by atoms with Gasteiger partial charge in [0.15, 0.2) is 0 Å². The lowest BCUT2D eigenvalue weighted by atomic mass is 9.97. The van der Waals surface area contributed by atoms with E-state index in [4.69, 9.17) is 11.5 Å². The van der Waals surface area contributed by atoms with Crippen LogP contribution in [0.25, 0.3) is 0 Å². The molecule has 3 atom stereocenters. The van der Waals surface area contributed by atoms with Crippen LogP contribution in [0, 0.1) is 0 Å². The van der Waals surface area contributed by atoms with Gasteiger partial charge < -0.3 is 16.6 Å². The van der Waals surface area contributed by atoms with Crippen LogP contribution in [-0.4, -0.2) is 23.4 Å². The summed E-state index contributed by atoms with van der Waals surface area (Å²) in [7, 11) is 0. The van der Waals surface area contributed by atoms with Gasteiger partial charge in [0.2, 0.25) is 0 Å². The molecule has 1 rings (SSSR count). The summed E-state index contributed by atoms with van der Waals surface area (Å²) in [6.07, 6.45) is -6.05. The normalized spacial score (nSPS) is 17.9. The molecule has 0 heterocycles. The number of alkyl halides is 3. The van der Waals surface area contributed by atoms with Crippen molar-refractivity contribution in [3.05, 3.63) is 35.9 Å². The summed E-state index contributed by atoms with van der Waals surface area (Å²) in [6.45, 7) is 0. The van der Waals surface area contributed by atoms with Gasteiger partial charge in [-0.1, -0.05) is 30.3 Å². The average Bonchev–Trinajstić information content (AvgIpc) is 2.26. The molecule has 0 spiro atoms. The Morgan fingerprint density at radius 3 is 2.00 bits per heavy atom. The quantitative estimate of drug-likeness (QED) is 0.728. The molecule has 0 aromatic heterocycles. The monoisotopic (exact) mass is 234 g/mol. The summed E-state index contributed by atoms with van der Waals surface area (Å²) in [6, 6.07) is 4.05. The van der Waals surface area contributed by atoms with Crippen LogP contribution in [0.15, 0.2) is 30.3 Å². The van der Waals surface area contributed by atoms with E-state index in [2.05, 4.69) is 0 Å². The summed E-state index contributed by atoms with van der Waals surface area (Å²) < 4.78 is 36.8. The lowest BCUT2D eigenvalue weighted by molar-refractivity contribution is -0.158. The number of aliphatic hydroxyl groups is 1. The predicted octanol–water partition coefficient (Wildman–Crippen LogP) is 0.937. The van der Waals surface area contributed by atoms with Gasteiger partial charge in [-0.3, -0.25) is 0 Å². The summed E-state index contributed by atoms with van der Waals surface area (Å²) in [5.41, 5.74) is 10.5. The zero-order valence-corrected chi connectivity index (χ0v) is 8.35. The van der Waals surface area contributed by atoms with Crippen LogP contribution >= 0.6 is 0 Å². The highest BCUT2D eigenvalue weighted by atomic mass is 19.4.